The van der Waals surface area contributed by atoms with Gasteiger partial charge in [-0.3, -0.25) is 0 Å². The van der Waals surface area contributed by atoms with E-state index in [0.29, 0.717) is 0 Å². The van der Waals surface area contributed by atoms with Crippen molar-refractivity contribution in [3.63, 3.8) is 0 Å². The van der Waals surface area contributed by atoms with Crippen LogP contribution >= 0.6 is 0 Å². The Morgan fingerprint density at radius 2 is 2.09 bits per heavy atom. The number of rotatable bonds is 3. The summed E-state index contributed by atoms with van der Waals surface area (Å²) in [4.78, 5) is 0. The Labute approximate surface area is 95.1 Å². The number of ether oxygens (including phenoxy) is 1. The van der Waals surface area contributed by atoms with Crippen molar-refractivity contribution in [2.75, 3.05) is 7.11 Å². The Kier molecular flexibility index (Phi) is 20.4. The zero-order valence-corrected chi connectivity index (χ0v) is 9.93. The first kappa shape index (κ1) is 17.4. The van der Waals surface area contributed by atoms with Crippen LogP contribution in [-0.4, -0.2) is 30.2 Å². The Morgan fingerprint density at radius 3 is 2.36 bits per heavy atom. The zero-order valence-electron chi connectivity index (χ0n) is 6.93. The van der Waals surface area contributed by atoms with Crippen LogP contribution in [0, 0.1) is 6.08 Å². The number of methoxy groups -OCH3 is 1. The summed E-state index contributed by atoms with van der Waals surface area (Å²) in [7, 11) is 1.62. The third-order valence-electron chi connectivity index (χ3n) is 0.864. The Balaban J connectivity index is -0.000000320. The van der Waals surface area contributed by atoms with Gasteiger partial charge in [0.05, 0.1) is 7.11 Å². The van der Waals surface area contributed by atoms with E-state index < -0.39 is 0 Å². The summed E-state index contributed by atoms with van der Waals surface area (Å²) in [6.45, 7) is 5.38. The van der Waals surface area contributed by atoms with Gasteiger partial charge >= 0.3 is 23.1 Å². The van der Waals surface area contributed by atoms with Crippen molar-refractivity contribution in [3.05, 3.63) is 36.6 Å². The average Bonchev–Trinajstić information content (AvgIpc) is 1.91. The molecule has 0 spiro atoms. The summed E-state index contributed by atoms with van der Waals surface area (Å²) >= 11 is 0. The molecule has 0 unspecified atom stereocenters. The molecule has 3 heteroatoms. The van der Waals surface area contributed by atoms with Gasteiger partial charge in [-0.1, -0.05) is 6.92 Å². The van der Waals surface area contributed by atoms with E-state index in [1.54, 1.807) is 19.3 Å². The van der Waals surface area contributed by atoms with Crippen molar-refractivity contribution < 1.29 is 21.7 Å². The quantitative estimate of drug-likeness (QED) is 0.252. The number of hydrogen-bond acceptors (Lipinski definition) is 1. The predicted octanol–water partition coefficient (Wildman–Crippen LogP) is -1.29. The van der Waals surface area contributed by atoms with E-state index in [1.807, 2.05) is 13.0 Å². The molecule has 0 atom stereocenters. The van der Waals surface area contributed by atoms with Crippen LogP contribution in [0.1, 0.15) is 6.92 Å². The Morgan fingerprint density at radius 1 is 1.55 bits per heavy atom. The summed E-state index contributed by atoms with van der Waals surface area (Å²) in [6, 6.07) is 0. The molecule has 0 aromatic rings. The fourth-order valence-corrected chi connectivity index (χ4v) is 0.401. The van der Waals surface area contributed by atoms with E-state index in [4.69, 9.17) is 4.74 Å². The van der Waals surface area contributed by atoms with E-state index in [0.717, 1.165) is 5.76 Å². The molecule has 0 aliphatic heterocycles. The second-order valence-corrected chi connectivity index (χ2v) is 1.41. The molecule has 11 heavy (non-hydrogen) atoms. The first-order chi connectivity index (χ1) is 4.35. The van der Waals surface area contributed by atoms with Crippen LogP contribution in [-0.2, 0) is 4.74 Å². The van der Waals surface area contributed by atoms with Crippen molar-refractivity contribution >= 4 is 23.1 Å². The first-order valence-electron chi connectivity index (χ1n) is 2.75. The maximum atomic E-state index is 4.90. The molecule has 0 amide bonds. The smallest absolute Gasteiger partial charge is 1.00 e. The van der Waals surface area contributed by atoms with Crippen molar-refractivity contribution in [1.29, 1.82) is 0 Å². The van der Waals surface area contributed by atoms with Crippen LogP contribution < -0.4 is 17.0 Å². The van der Waals surface area contributed by atoms with Crippen LogP contribution in [0.2, 0.25) is 0 Å². The van der Waals surface area contributed by atoms with Gasteiger partial charge in [-0.15, -0.1) is 12.2 Å². The van der Waals surface area contributed by atoms with Gasteiger partial charge in [0, 0.05) is 5.76 Å². The standard InChI is InChI=1S/C8H11O.BrH.Mg/c1-4-6-7-8(5-2)9-3;;/h4-5,7H,1H2,2-3H3;1H;/q-1;;+2/p-1/b8-5+;;. The maximum absolute atomic E-state index is 4.90. The fourth-order valence-electron chi connectivity index (χ4n) is 0.401. The van der Waals surface area contributed by atoms with E-state index in [2.05, 4.69) is 12.7 Å². The molecular weight excluding hydrogens is 216 g/mol. The van der Waals surface area contributed by atoms with Crippen LogP contribution in [0.25, 0.3) is 0 Å². The molecule has 0 aliphatic rings. The maximum Gasteiger partial charge on any atom is 2.00 e. The van der Waals surface area contributed by atoms with E-state index in [1.165, 1.54) is 0 Å². The SMILES string of the molecule is C=C[C-]=C/C(=C\C)OC.[Br-].[Mg+2]. The Hall–Kier alpha value is 0.266. The molecule has 0 saturated heterocycles. The molecule has 0 radical (unpaired) electrons. The zero-order chi connectivity index (χ0) is 7.11. The minimum Gasteiger partial charge on any atom is -1.00 e. The van der Waals surface area contributed by atoms with Gasteiger partial charge in [0.1, 0.15) is 0 Å². The largest absolute Gasteiger partial charge is 2.00 e. The summed E-state index contributed by atoms with van der Waals surface area (Å²) in [5.74, 6) is 0.801. The summed E-state index contributed by atoms with van der Waals surface area (Å²) in [6.07, 6.45) is 7.97. The molecule has 0 aromatic carbocycles. The van der Waals surface area contributed by atoms with Crippen molar-refractivity contribution in [2.45, 2.75) is 6.92 Å². The van der Waals surface area contributed by atoms with Crippen LogP contribution in [0.4, 0.5) is 0 Å². The van der Waals surface area contributed by atoms with Crippen LogP contribution in [0.3, 0.4) is 0 Å². The molecular formula is C8H11BrMgO. The second-order valence-electron chi connectivity index (χ2n) is 1.41. The van der Waals surface area contributed by atoms with Gasteiger partial charge in [0.25, 0.3) is 0 Å². The number of allylic oxidation sites excluding steroid dienone is 4. The van der Waals surface area contributed by atoms with Gasteiger partial charge < -0.3 is 21.7 Å². The summed E-state index contributed by atoms with van der Waals surface area (Å²) < 4.78 is 4.90. The molecule has 0 fully saturated rings. The van der Waals surface area contributed by atoms with Gasteiger partial charge in [-0.2, -0.15) is 18.7 Å². The van der Waals surface area contributed by atoms with Crippen molar-refractivity contribution in [3.8, 4) is 0 Å². The van der Waals surface area contributed by atoms with Crippen molar-refractivity contribution in [2.24, 2.45) is 0 Å². The molecule has 0 N–H and O–H groups in total. The third kappa shape index (κ3) is 10.3. The van der Waals surface area contributed by atoms with Crippen LogP contribution in [0.15, 0.2) is 30.6 Å². The molecule has 58 valence electrons. The number of halogens is 1. The monoisotopic (exact) mass is 226 g/mol. The van der Waals surface area contributed by atoms with E-state index >= 15 is 0 Å². The molecule has 0 rings (SSSR count). The topological polar surface area (TPSA) is 9.23 Å². The van der Waals surface area contributed by atoms with Gasteiger partial charge in [-0.05, 0) is 0 Å². The van der Waals surface area contributed by atoms with E-state index in [-0.39, 0.29) is 40.0 Å². The second kappa shape index (κ2) is 12.9. The first-order valence-corrected chi connectivity index (χ1v) is 2.75. The van der Waals surface area contributed by atoms with Crippen LogP contribution in [0.5, 0.6) is 0 Å². The summed E-state index contributed by atoms with van der Waals surface area (Å²) in [5, 5.41) is 0. The molecule has 1 nitrogen and oxygen atoms in total. The van der Waals surface area contributed by atoms with Gasteiger partial charge in [0.15, 0.2) is 0 Å². The predicted molar refractivity (Wildman–Crippen MR) is 44.5 cm³/mol. The molecule has 0 saturated carbocycles. The molecule has 0 bridgehead atoms. The molecule has 0 aromatic heterocycles. The number of hydrogen-bond donors (Lipinski definition) is 0. The molecule has 0 aliphatic carbocycles. The molecule has 0 heterocycles. The van der Waals surface area contributed by atoms with Gasteiger partial charge in [-0.25, -0.2) is 0 Å². The normalized spacial score (nSPS) is 9.82. The average molecular weight is 227 g/mol. The fraction of sp³-hybridized carbons (Fsp3) is 0.250. The Bertz CT molecular complexity index is 141. The third-order valence-corrected chi connectivity index (χ3v) is 0.864. The van der Waals surface area contributed by atoms with Gasteiger partial charge in [0.2, 0.25) is 0 Å². The minimum absolute atomic E-state index is 0. The van der Waals surface area contributed by atoms with Crippen molar-refractivity contribution in [1.82, 2.24) is 0 Å². The van der Waals surface area contributed by atoms with E-state index in [9.17, 15) is 0 Å². The summed E-state index contributed by atoms with van der Waals surface area (Å²) in [5.41, 5.74) is 0. The minimum atomic E-state index is 0.